The Hall–Kier alpha value is -1.26. The first-order valence-electron chi connectivity index (χ1n) is 6.78. The first-order chi connectivity index (χ1) is 9.10. The number of nitrogens with one attached hydrogen (secondary N) is 1. The summed E-state index contributed by atoms with van der Waals surface area (Å²) in [7, 11) is 1.61. The molecule has 0 heterocycles. The number of hydrogen-bond donors (Lipinski definition) is 3. The summed E-state index contributed by atoms with van der Waals surface area (Å²) in [5, 5.41) is 22.6. The van der Waals surface area contributed by atoms with Crippen LogP contribution in [0, 0.1) is 5.41 Å². The minimum absolute atomic E-state index is 0.0749. The van der Waals surface area contributed by atoms with Crippen LogP contribution in [0.4, 0.5) is 0 Å². The van der Waals surface area contributed by atoms with Crippen molar-refractivity contribution in [3.8, 4) is 11.5 Å². The van der Waals surface area contributed by atoms with Crippen LogP contribution in [0.2, 0.25) is 0 Å². The molecule has 0 spiro atoms. The van der Waals surface area contributed by atoms with Gasteiger partial charge < -0.3 is 20.3 Å². The molecular formula is C15H25NO3. The molecule has 3 N–H and O–H groups in total. The molecule has 4 heteroatoms. The van der Waals surface area contributed by atoms with Crippen molar-refractivity contribution in [2.45, 2.75) is 33.2 Å². The third kappa shape index (κ3) is 4.11. The van der Waals surface area contributed by atoms with Crippen LogP contribution in [0.15, 0.2) is 18.2 Å². The molecule has 0 saturated carbocycles. The second-order valence-electron chi connectivity index (χ2n) is 4.96. The average molecular weight is 267 g/mol. The largest absolute Gasteiger partial charge is 0.508 e. The van der Waals surface area contributed by atoms with E-state index in [4.69, 9.17) is 4.74 Å². The molecule has 0 fully saturated rings. The zero-order chi connectivity index (χ0) is 14.3. The number of rotatable bonds is 8. The molecular weight excluding hydrogens is 242 g/mol. The summed E-state index contributed by atoms with van der Waals surface area (Å²) in [4.78, 5) is 0. The van der Waals surface area contributed by atoms with Gasteiger partial charge >= 0.3 is 0 Å². The third-order valence-electron chi connectivity index (χ3n) is 3.94. The Bertz CT molecular complexity index is 381. The van der Waals surface area contributed by atoms with Gasteiger partial charge in [-0.2, -0.15) is 0 Å². The highest BCUT2D eigenvalue weighted by Gasteiger charge is 2.24. The molecule has 4 nitrogen and oxygen atoms in total. The molecule has 0 aromatic heterocycles. The lowest BCUT2D eigenvalue weighted by Crippen LogP contribution is -2.36. The molecule has 1 aromatic carbocycles. The van der Waals surface area contributed by atoms with Crippen LogP contribution >= 0.6 is 0 Å². The van der Waals surface area contributed by atoms with Gasteiger partial charge in [0.05, 0.1) is 7.11 Å². The van der Waals surface area contributed by atoms with Crippen LogP contribution in [0.1, 0.15) is 32.3 Å². The lowest BCUT2D eigenvalue weighted by molar-refractivity contribution is 0.113. The lowest BCUT2D eigenvalue weighted by atomic mass is 9.83. The fourth-order valence-corrected chi connectivity index (χ4v) is 2.07. The summed E-state index contributed by atoms with van der Waals surface area (Å²) >= 11 is 0. The van der Waals surface area contributed by atoms with E-state index in [1.165, 1.54) is 0 Å². The van der Waals surface area contributed by atoms with Gasteiger partial charge in [0, 0.05) is 30.7 Å². The summed E-state index contributed by atoms with van der Waals surface area (Å²) in [6.45, 7) is 5.64. The third-order valence-corrected chi connectivity index (χ3v) is 3.94. The zero-order valence-electron chi connectivity index (χ0n) is 12.1. The van der Waals surface area contributed by atoms with Crippen molar-refractivity contribution >= 4 is 0 Å². The van der Waals surface area contributed by atoms with Gasteiger partial charge in [0.1, 0.15) is 11.5 Å². The predicted molar refractivity (Wildman–Crippen MR) is 76.5 cm³/mol. The number of ether oxygens (including phenoxy) is 1. The summed E-state index contributed by atoms with van der Waals surface area (Å²) in [6, 6.07) is 5.19. The van der Waals surface area contributed by atoms with Crippen molar-refractivity contribution in [1.82, 2.24) is 5.32 Å². The van der Waals surface area contributed by atoms with Gasteiger partial charge in [-0.3, -0.25) is 0 Å². The van der Waals surface area contributed by atoms with E-state index >= 15 is 0 Å². The number of phenolic OH excluding ortho intramolecular Hbond substituents is 1. The molecule has 0 radical (unpaired) electrons. The fourth-order valence-electron chi connectivity index (χ4n) is 2.07. The summed E-state index contributed by atoms with van der Waals surface area (Å²) in [5.74, 6) is 0.991. The molecule has 1 rings (SSSR count). The van der Waals surface area contributed by atoms with E-state index in [9.17, 15) is 10.2 Å². The first-order valence-corrected chi connectivity index (χ1v) is 6.78. The number of aromatic hydroxyl groups is 1. The standard InChI is InChI=1S/C15H25NO3/c1-4-15(5-2,11-17)10-16-9-12-8-13(19-3)6-7-14(12)18/h6-8,16-18H,4-5,9-11H2,1-3H3. The van der Waals surface area contributed by atoms with E-state index < -0.39 is 0 Å². The van der Waals surface area contributed by atoms with Crippen molar-refractivity contribution in [3.05, 3.63) is 23.8 Å². The summed E-state index contributed by atoms with van der Waals surface area (Å²) in [6.07, 6.45) is 1.86. The maximum atomic E-state index is 9.79. The van der Waals surface area contributed by atoms with Gasteiger partial charge in [-0.15, -0.1) is 0 Å². The number of methoxy groups -OCH3 is 1. The topological polar surface area (TPSA) is 61.7 Å². The maximum Gasteiger partial charge on any atom is 0.120 e. The monoisotopic (exact) mass is 267 g/mol. The Morgan fingerprint density at radius 2 is 1.95 bits per heavy atom. The molecule has 0 aliphatic carbocycles. The molecule has 108 valence electrons. The average Bonchev–Trinajstić information content (AvgIpc) is 2.46. The minimum atomic E-state index is -0.0749. The van der Waals surface area contributed by atoms with Crippen LogP contribution < -0.4 is 10.1 Å². The van der Waals surface area contributed by atoms with Crippen LogP contribution in [-0.4, -0.2) is 30.5 Å². The van der Waals surface area contributed by atoms with Gasteiger partial charge in [0.2, 0.25) is 0 Å². The van der Waals surface area contributed by atoms with Crippen LogP contribution in [0.25, 0.3) is 0 Å². The first kappa shape index (κ1) is 15.8. The van der Waals surface area contributed by atoms with E-state index in [-0.39, 0.29) is 17.8 Å². The van der Waals surface area contributed by atoms with Crippen LogP contribution in [-0.2, 0) is 6.54 Å². The van der Waals surface area contributed by atoms with Crippen molar-refractivity contribution in [1.29, 1.82) is 0 Å². The highest BCUT2D eigenvalue weighted by atomic mass is 16.5. The normalized spacial score (nSPS) is 11.6. The van der Waals surface area contributed by atoms with E-state index in [1.54, 1.807) is 19.2 Å². The number of hydrogen-bond acceptors (Lipinski definition) is 4. The smallest absolute Gasteiger partial charge is 0.120 e. The van der Waals surface area contributed by atoms with Crippen LogP contribution in [0.5, 0.6) is 11.5 Å². The fraction of sp³-hybridized carbons (Fsp3) is 0.600. The van der Waals surface area contributed by atoms with E-state index in [1.807, 2.05) is 6.07 Å². The van der Waals surface area contributed by atoms with Crippen molar-refractivity contribution in [2.75, 3.05) is 20.3 Å². The second kappa shape index (κ2) is 7.36. The molecule has 0 saturated heterocycles. The van der Waals surface area contributed by atoms with E-state index in [2.05, 4.69) is 19.2 Å². The van der Waals surface area contributed by atoms with Gasteiger partial charge in [-0.25, -0.2) is 0 Å². The number of phenols is 1. The maximum absolute atomic E-state index is 9.79. The Kier molecular flexibility index (Phi) is 6.12. The molecule has 19 heavy (non-hydrogen) atoms. The molecule has 0 bridgehead atoms. The predicted octanol–water partition coefficient (Wildman–Crippen LogP) is 2.29. The Balaban J connectivity index is 2.62. The van der Waals surface area contributed by atoms with Gasteiger partial charge in [-0.1, -0.05) is 13.8 Å². The quantitative estimate of drug-likeness (QED) is 0.676. The molecule has 0 atom stereocenters. The summed E-state index contributed by atoms with van der Waals surface area (Å²) in [5.41, 5.74) is 0.729. The second-order valence-corrected chi connectivity index (χ2v) is 4.96. The zero-order valence-corrected chi connectivity index (χ0v) is 12.1. The van der Waals surface area contributed by atoms with Crippen molar-refractivity contribution in [2.24, 2.45) is 5.41 Å². The van der Waals surface area contributed by atoms with E-state index in [0.717, 1.165) is 30.7 Å². The highest BCUT2D eigenvalue weighted by Crippen LogP contribution is 2.26. The van der Waals surface area contributed by atoms with Crippen LogP contribution in [0.3, 0.4) is 0 Å². The molecule has 0 aliphatic heterocycles. The Labute approximate surface area is 115 Å². The molecule has 1 aromatic rings. The lowest BCUT2D eigenvalue weighted by Gasteiger charge is -2.29. The van der Waals surface area contributed by atoms with Gasteiger partial charge in [0.15, 0.2) is 0 Å². The number of aliphatic hydroxyl groups is 1. The van der Waals surface area contributed by atoms with Crippen molar-refractivity contribution < 1.29 is 14.9 Å². The Morgan fingerprint density at radius 3 is 2.47 bits per heavy atom. The number of aliphatic hydroxyl groups excluding tert-OH is 1. The SMILES string of the molecule is CCC(CC)(CO)CNCc1cc(OC)ccc1O. The van der Waals surface area contributed by atoms with Gasteiger partial charge in [-0.05, 0) is 31.0 Å². The molecule has 0 unspecified atom stereocenters. The molecule has 0 amide bonds. The van der Waals surface area contributed by atoms with Gasteiger partial charge in [0.25, 0.3) is 0 Å². The molecule has 0 aliphatic rings. The highest BCUT2D eigenvalue weighted by molar-refractivity contribution is 5.39. The van der Waals surface area contributed by atoms with E-state index in [0.29, 0.717) is 6.54 Å². The Morgan fingerprint density at radius 1 is 1.26 bits per heavy atom. The number of benzene rings is 1. The van der Waals surface area contributed by atoms with Crippen molar-refractivity contribution in [3.63, 3.8) is 0 Å². The minimum Gasteiger partial charge on any atom is -0.508 e. The summed E-state index contributed by atoms with van der Waals surface area (Å²) < 4.78 is 5.14.